The molecule has 2 N–H and O–H groups in total. The van der Waals surface area contributed by atoms with Crippen molar-refractivity contribution in [3.63, 3.8) is 0 Å². The Morgan fingerprint density at radius 3 is 2.50 bits per heavy atom. The molecule has 0 aliphatic heterocycles. The van der Waals surface area contributed by atoms with Gasteiger partial charge in [0.25, 0.3) is 0 Å². The molecule has 0 aromatic heterocycles. The predicted molar refractivity (Wildman–Crippen MR) is 97.6 cm³/mol. The summed E-state index contributed by atoms with van der Waals surface area (Å²) in [5.41, 5.74) is 0. The fourth-order valence-electron chi connectivity index (χ4n) is 2.38. The van der Waals surface area contributed by atoms with Gasteiger partial charge in [-0.25, -0.2) is 8.42 Å². The average molecular weight is 350 g/mol. The van der Waals surface area contributed by atoms with Crippen LogP contribution in [0, 0.1) is 0 Å². The first kappa shape index (κ1) is 19.6. The summed E-state index contributed by atoms with van der Waals surface area (Å²) in [6.45, 7) is 8.29. The van der Waals surface area contributed by atoms with E-state index in [0.717, 1.165) is 30.6 Å². The number of rotatable bonds is 6. The first-order chi connectivity index (χ1) is 10.2. The van der Waals surface area contributed by atoms with Gasteiger partial charge in [-0.15, -0.1) is 0 Å². The number of hydrogen-bond donors (Lipinski definition) is 2. The van der Waals surface area contributed by atoms with E-state index in [-0.39, 0.29) is 5.75 Å². The fourth-order valence-corrected chi connectivity index (χ4v) is 4.12. The lowest BCUT2D eigenvalue weighted by atomic mass is 10.2. The van der Waals surface area contributed by atoms with E-state index in [9.17, 15) is 8.42 Å². The molecule has 0 saturated heterocycles. The Morgan fingerprint density at radius 2 is 2.00 bits per heavy atom. The molecule has 0 radical (unpaired) electrons. The van der Waals surface area contributed by atoms with Gasteiger partial charge in [-0.05, 0) is 53.2 Å². The van der Waals surface area contributed by atoms with Crippen molar-refractivity contribution in [1.29, 1.82) is 0 Å². The van der Waals surface area contributed by atoms with Crippen LogP contribution in [0.3, 0.4) is 0 Å². The Morgan fingerprint density at radius 1 is 1.32 bits per heavy atom. The number of sulfone groups is 1. The van der Waals surface area contributed by atoms with E-state index in [1.54, 1.807) is 20.8 Å². The summed E-state index contributed by atoms with van der Waals surface area (Å²) in [6, 6.07) is 0.439. The maximum atomic E-state index is 12.1. The topological polar surface area (TPSA) is 70.6 Å². The Balaban J connectivity index is 2.56. The minimum Gasteiger partial charge on any atom is -0.357 e. The Labute approximate surface area is 140 Å². The molecule has 2 atom stereocenters. The van der Waals surface area contributed by atoms with E-state index in [0.29, 0.717) is 12.6 Å². The van der Waals surface area contributed by atoms with Crippen LogP contribution in [0.1, 0.15) is 47.0 Å². The molecule has 0 bridgehead atoms. The van der Waals surface area contributed by atoms with Gasteiger partial charge in [0.15, 0.2) is 15.8 Å². The molecule has 1 fully saturated rings. The fraction of sp³-hybridized carbons (Fsp3) is 0.933. The molecular formula is C15H31N3O2S2. The summed E-state index contributed by atoms with van der Waals surface area (Å²) in [7, 11) is -3.11. The van der Waals surface area contributed by atoms with E-state index >= 15 is 0 Å². The van der Waals surface area contributed by atoms with Crippen molar-refractivity contribution in [3.8, 4) is 0 Å². The van der Waals surface area contributed by atoms with Crippen LogP contribution in [0.25, 0.3) is 0 Å². The second kappa shape index (κ2) is 8.43. The van der Waals surface area contributed by atoms with Crippen LogP contribution in [-0.4, -0.2) is 55.5 Å². The van der Waals surface area contributed by atoms with Crippen LogP contribution in [0.15, 0.2) is 4.99 Å². The average Bonchev–Trinajstić information content (AvgIpc) is 2.85. The first-order valence-corrected chi connectivity index (χ1v) is 10.9. The molecule has 0 amide bonds. The number of nitrogens with one attached hydrogen (secondary N) is 2. The quantitative estimate of drug-likeness (QED) is 0.567. The van der Waals surface area contributed by atoms with Crippen molar-refractivity contribution in [3.05, 3.63) is 0 Å². The summed E-state index contributed by atoms with van der Waals surface area (Å²) in [6.07, 6.45) is 5.68. The highest BCUT2D eigenvalue weighted by molar-refractivity contribution is 7.99. The van der Waals surface area contributed by atoms with Crippen LogP contribution >= 0.6 is 11.8 Å². The van der Waals surface area contributed by atoms with E-state index in [1.807, 2.05) is 18.7 Å². The van der Waals surface area contributed by atoms with Crippen LogP contribution in [0.2, 0.25) is 0 Å². The third kappa shape index (κ3) is 5.99. The number of aliphatic imine (C=N–C) groups is 1. The molecule has 130 valence electrons. The van der Waals surface area contributed by atoms with E-state index in [4.69, 9.17) is 0 Å². The van der Waals surface area contributed by atoms with Crippen LogP contribution < -0.4 is 10.6 Å². The lowest BCUT2D eigenvalue weighted by molar-refractivity contribution is 0.560. The van der Waals surface area contributed by atoms with Crippen LogP contribution in [0.5, 0.6) is 0 Å². The molecule has 1 aliphatic rings. The molecular weight excluding hydrogens is 318 g/mol. The zero-order chi connectivity index (χ0) is 16.8. The van der Waals surface area contributed by atoms with E-state index in [2.05, 4.69) is 21.9 Å². The lowest BCUT2D eigenvalue weighted by Gasteiger charge is -2.19. The van der Waals surface area contributed by atoms with Gasteiger partial charge in [-0.2, -0.15) is 11.8 Å². The van der Waals surface area contributed by atoms with Gasteiger partial charge in [0.1, 0.15) is 0 Å². The minimum atomic E-state index is -3.11. The van der Waals surface area contributed by atoms with Gasteiger partial charge >= 0.3 is 0 Å². The second-order valence-electron chi connectivity index (χ2n) is 6.70. The molecule has 1 rings (SSSR count). The summed E-state index contributed by atoms with van der Waals surface area (Å²) in [4.78, 5) is 4.43. The molecule has 22 heavy (non-hydrogen) atoms. The number of hydrogen-bond acceptors (Lipinski definition) is 4. The number of guanidine groups is 1. The Hall–Kier alpha value is -0.430. The largest absolute Gasteiger partial charge is 0.357 e. The molecule has 2 unspecified atom stereocenters. The molecule has 0 heterocycles. The van der Waals surface area contributed by atoms with Crippen LogP contribution in [-0.2, 0) is 9.84 Å². The summed E-state index contributed by atoms with van der Waals surface area (Å²) >= 11 is 1.92. The molecule has 0 aromatic carbocycles. The van der Waals surface area contributed by atoms with Crippen molar-refractivity contribution in [2.24, 2.45) is 4.99 Å². The van der Waals surface area contributed by atoms with Gasteiger partial charge in [-0.3, -0.25) is 4.99 Å². The standard InChI is InChI=1S/C15H31N3O2S2/c1-6-16-14(18-12-7-8-13(11-12)21-5)17-9-10-22(19,20)15(2,3)4/h12-13H,6-11H2,1-5H3,(H2,16,17,18). The van der Waals surface area contributed by atoms with Crippen molar-refractivity contribution in [2.45, 2.75) is 63.0 Å². The van der Waals surface area contributed by atoms with Gasteiger partial charge in [0.2, 0.25) is 0 Å². The van der Waals surface area contributed by atoms with Gasteiger partial charge in [0, 0.05) is 17.8 Å². The monoisotopic (exact) mass is 349 g/mol. The van der Waals surface area contributed by atoms with Gasteiger partial charge < -0.3 is 10.6 Å². The predicted octanol–water partition coefficient (Wildman–Crippen LogP) is 2.04. The highest BCUT2D eigenvalue weighted by Gasteiger charge is 2.28. The zero-order valence-corrected chi connectivity index (χ0v) is 16.1. The van der Waals surface area contributed by atoms with Gasteiger partial charge in [0.05, 0.1) is 17.0 Å². The molecule has 5 nitrogen and oxygen atoms in total. The summed E-state index contributed by atoms with van der Waals surface area (Å²) in [5, 5.41) is 7.37. The van der Waals surface area contributed by atoms with Crippen molar-refractivity contribution >= 4 is 27.6 Å². The smallest absolute Gasteiger partial charge is 0.191 e. The third-order valence-corrected chi connectivity index (χ3v) is 7.65. The normalized spacial score (nSPS) is 23.6. The maximum absolute atomic E-state index is 12.1. The molecule has 1 saturated carbocycles. The summed E-state index contributed by atoms with van der Waals surface area (Å²) < 4.78 is 23.5. The Bertz CT molecular complexity index is 470. The van der Waals surface area contributed by atoms with Crippen LogP contribution in [0.4, 0.5) is 0 Å². The van der Waals surface area contributed by atoms with Gasteiger partial charge in [-0.1, -0.05) is 0 Å². The second-order valence-corrected chi connectivity index (χ2v) is 10.7. The molecule has 0 spiro atoms. The molecule has 1 aliphatic carbocycles. The van der Waals surface area contributed by atoms with E-state index in [1.165, 1.54) is 6.42 Å². The lowest BCUT2D eigenvalue weighted by Crippen LogP contribution is -2.43. The maximum Gasteiger partial charge on any atom is 0.191 e. The van der Waals surface area contributed by atoms with Crippen molar-refractivity contribution < 1.29 is 8.42 Å². The zero-order valence-electron chi connectivity index (χ0n) is 14.5. The minimum absolute atomic E-state index is 0.0885. The van der Waals surface area contributed by atoms with Crippen molar-refractivity contribution in [2.75, 3.05) is 25.1 Å². The van der Waals surface area contributed by atoms with Crippen molar-refractivity contribution in [1.82, 2.24) is 10.6 Å². The SMILES string of the molecule is CCNC(=NCCS(=O)(=O)C(C)(C)C)NC1CCC(SC)C1. The van der Waals surface area contributed by atoms with E-state index < -0.39 is 14.6 Å². The number of nitrogens with zero attached hydrogens (tertiary/aromatic N) is 1. The molecule has 7 heteroatoms. The highest BCUT2D eigenvalue weighted by atomic mass is 32.2. The first-order valence-electron chi connectivity index (χ1n) is 7.99. The summed E-state index contributed by atoms with van der Waals surface area (Å²) in [5.74, 6) is 0.823. The third-order valence-electron chi connectivity index (χ3n) is 3.97. The number of thioether (sulfide) groups is 1. The molecule has 0 aromatic rings. The Kier molecular flexibility index (Phi) is 7.52. The highest BCUT2D eigenvalue weighted by Crippen LogP contribution is 2.28.